The Morgan fingerprint density at radius 2 is 2.20 bits per heavy atom. The quantitative estimate of drug-likeness (QED) is 0.728. The van der Waals surface area contributed by atoms with Gasteiger partial charge in [-0.3, -0.25) is 5.10 Å². The summed E-state index contributed by atoms with van der Waals surface area (Å²) in [6.07, 6.45) is -2.40. The van der Waals surface area contributed by atoms with Crippen molar-refractivity contribution in [3.63, 3.8) is 0 Å². The van der Waals surface area contributed by atoms with Gasteiger partial charge in [0.15, 0.2) is 0 Å². The molecule has 2 rings (SSSR count). The van der Waals surface area contributed by atoms with E-state index in [-0.39, 0.29) is 5.56 Å². The zero-order valence-corrected chi connectivity index (χ0v) is 8.30. The third kappa shape index (κ3) is 1.60. The maximum Gasteiger partial charge on any atom is 0.342 e. The molecule has 0 saturated carbocycles. The molecule has 6 heteroatoms. The molecule has 0 aromatic carbocycles. The van der Waals surface area contributed by atoms with Gasteiger partial charge >= 0.3 is 5.97 Å². The van der Waals surface area contributed by atoms with Crippen molar-refractivity contribution >= 4 is 5.97 Å². The number of alkyl halides is 2. The maximum absolute atomic E-state index is 12.5. The molecule has 0 spiro atoms. The Morgan fingerprint density at radius 3 is 2.80 bits per heavy atom. The van der Waals surface area contributed by atoms with Gasteiger partial charge in [-0.15, -0.1) is 0 Å². The number of halogens is 2. The molecule has 0 aliphatic carbocycles. The number of aromatic nitrogens is 2. The van der Waals surface area contributed by atoms with Crippen molar-refractivity contribution in [1.29, 1.82) is 0 Å². The highest BCUT2D eigenvalue weighted by Crippen LogP contribution is 2.31. The van der Waals surface area contributed by atoms with Crippen molar-refractivity contribution < 1.29 is 18.3 Å². The fourth-order valence-electron chi connectivity index (χ4n) is 1.67. The lowest BCUT2D eigenvalue weighted by atomic mass is 9.96. The van der Waals surface area contributed by atoms with Crippen LogP contribution in [0, 0.1) is 0 Å². The summed E-state index contributed by atoms with van der Waals surface area (Å²) in [7, 11) is 0. The van der Waals surface area contributed by atoms with Gasteiger partial charge in [-0.25, -0.2) is 13.6 Å². The molecule has 4 nitrogen and oxygen atoms in total. The van der Waals surface area contributed by atoms with E-state index in [0.29, 0.717) is 12.1 Å². The molecule has 15 heavy (non-hydrogen) atoms. The Hall–Kier alpha value is -1.46. The molecule has 1 aliphatic heterocycles. The predicted octanol–water partition coefficient (Wildman–Crippen LogP) is 1.84. The van der Waals surface area contributed by atoms with Crippen LogP contribution in [0.2, 0.25) is 0 Å². The van der Waals surface area contributed by atoms with Crippen molar-refractivity contribution in [3.05, 3.63) is 17.0 Å². The van der Waals surface area contributed by atoms with Gasteiger partial charge in [0.1, 0.15) is 16.9 Å². The summed E-state index contributed by atoms with van der Waals surface area (Å²) in [5.74, 6) is -0.731. The molecule has 0 radical (unpaired) electrons. The third-order valence-electron chi connectivity index (χ3n) is 2.25. The second-order valence-corrected chi connectivity index (χ2v) is 4.09. The van der Waals surface area contributed by atoms with E-state index in [1.54, 1.807) is 13.8 Å². The van der Waals surface area contributed by atoms with Crippen LogP contribution in [0.3, 0.4) is 0 Å². The van der Waals surface area contributed by atoms with Gasteiger partial charge < -0.3 is 4.74 Å². The Balaban J connectivity index is 2.48. The monoisotopic (exact) mass is 216 g/mol. The molecule has 0 amide bonds. The maximum atomic E-state index is 12.5. The molecule has 1 N–H and O–H groups in total. The van der Waals surface area contributed by atoms with E-state index >= 15 is 0 Å². The van der Waals surface area contributed by atoms with Crippen molar-refractivity contribution in [1.82, 2.24) is 10.2 Å². The Kier molecular flexibility index (Phi) is 2.02. The van der Waals surface area contributed by atoms with Crippen molar-refractivity contribution in [2.45, 2.75) is 32.3 Å². The zero-order chi connectivity index (χ0) is 11.2. The number of hydrogen-bond acceptors (Lipinski definition) is 3. The average Bonchev–Trinajstić information content (AvgIpc) is 2.45. The number of cyclic esters (lactones) is 1. The zero-order valence-electron chi connectivity index (χ0n) is 8.30. The molecule has 1 aromatic rings. The topological polar surface area (TPSA) is 55.0 Å². The summed E-state index contributed by atoms with van der Waals surface area (Å²) < 4.78 is 29.9. The summed E-state index contributed by atoms with van der Waals surface area (Å²) in [6.45, 7) is 3.44. The molecular weight excluding hydrogens is 206 g/mol. The molecule has 0 bridgehead atoms. The van der Waals surface area contributed by atoms with E-state index < -0.39 is 23.7 Å². The first-order valence-corrected chi connectivity index (χ1v) is 4.49. The van der Waals surface area contributed by atoms with Gasteiger partial charge in [-0.2, -0.15) is 5.10 Å². The minimum atomic E-state index is -2.77. The van der Waals surface area contributed by atoms with E-state index in [9.17, 15) is 13.6 Å². The number of hydrogen-bond donors (Lipinski definition) is 1. The van der Waals surface area contributed by atoms with Crippen molar-refractivity contribution in [2.24, 2.45) is 0 Å². The van der Waals surface area contributed by atoms with Gasteiger partial charge in [0.2, 0.25) is 0 Å². The molecule has 2 heterocycles. The van der Waals surface area contributed by atoms with Crippen LogP contribution in [0.4, 0.5) is 8.78 Å². The Labute approximate surface area is 84.6 Å². The van der Waals surface area contributed by atoms with Crippen LogP contribution in [0.25, 0.3) is 0 Å². The first-order valence-electron chi connectivity index (χ1n) is 4.49. The molecule has 0 unspecified atom stereocenters. The summed E-state index contributed by atoms with van der Waals surface area (Å²) in [5.41, 5.74) is -0.878. The molecule has 0 fully saturated rings. The van der Waals surface area contributed by atoms with E-state index in [1.165, 1.54) is 0 Å². The summed E-state index contributed by atoms with van der Waals surface area (Å²) in [6, 6.07) is 0. The normalized spacial score (nSPS) is 18.9. The average molecular weight is 216 g/mol. The number of nitrogens with zero attached hydrogens (tertiary/aromatic N) is 1. The van der Waals surface area contributed by atoms with Gasteiger partial charge in [0, 0.05) is 6.42 Å². The minimum Gasteiger partial charge on any atom is -0.456 e. The van der Waals surface area contributed by atoms with E-state index in [0.717, 1.165) is 0 Å². The summed E-state index contributed by atoms with van der Waals surface area (Å²) >= 11 is 0. The highest BCUT2D eigenvalue weighted by Gasteiger charge is 2.37. The van der Waals surface area contributed by atoms with E-state index in [4.69, 9.17) is 4.74 Å². The van der Waals surface area contributed by atoms with Gasteiger partial charge in [-0.1, -0.05) is 0 Å². The first kappa shape index (κ1) is 10.1. The van der Waals surface area contributed by atoms with Crippen LogP contribution < -0.4 is 0 Å². The summed E-state index contributed by atoms with van der Waals surface area (Å²) in [5, 5.41) is 5.90. The van der Waals surface area contributed by atoms with Crippen LogP contribution in [0.5, 0.6) is 0 Å². The number of ether oxygens (including phenoxy) is 1. The highest BCUT2D eigenvalue weighted by atomic mass is 19.3. The number of aromatic amines is 1. The SMILES string of the molecule is CC1(C)Cc2[nH]nc(C(F)F)c2C(=O)O1. The smallest absolute Gasteiger partial charge is 0.342 e. The molecule has 1 aliphatic rings. The molecule has 82 valence electrons. The molecule has 0 atom stereocenters. The number of nitrogens with one attached hydrogen (secondary N) is 1. The second-order valence-electron chi connectivity index (χ2n) is 4.09. The fourth-order valence-corrected chi connectivity index (χ4v) is 1.67. The standard InChI is InChI=1S/C9H10F2N2O2/c1-9(2)3-4-5(8(14)15-9)6(7(10)11)13-12-4/h7H,3H2,1-2H3,(H,12,13). The number of carbonyl (C=O) groups excluding carboxylic acids is 1. The Morgan fingerprint density at radius 1 is 1.53 bits per heavy atom. The number of H-pyrrole nitrogens is 1. The lowest BCUT2D eigenvalue weighted by Gasteiger charge is -2.28. The van der Waals surface area contributed by atoms with Crippen LogP contribution in [-0.4, -0.2) is 21.8 Å². The first-order chi connectivity index (χ1) is 6.91. The highest BCUT2D eigenvalue weighted by molar-refractivity contribution is 5.93. The van der Waals surface area contributed by atoms with Gasteiger partial charge in [-0.05, 0) is 13.8 Å². The summed E-state index contributed by atoms with van der Waals surface area (Å²) in [4.78, 5) is 11.5. The predicted molar refractivity (Wildman–Crippen MR) is 46.7 cm³/mol. The lowest BCUT2D eigenvalue weighted by molar-refractivity contribution is -0.00761. The second kappa shape index (κ2) is 3.01. The Bertz CT molecular complexity index is 412. The van der Waals surface area contributed by atoms with Crippen LogP contribution >= 0.6 is 0 Å². The van der Waals surface area contributed by atoms with Crippen LogP contribution in [-0.2, 0) is 11.2 Å². The van der Waals surface area contributed by atoms with E-state index in [1.807, 2.05) is 0 Å². The van der Waals surface area contributed by atoms with Crippen molar-refractivity contribution in [2.75, 3.05) is 0 Å². The van der Waals surface area contributed by atoms with Crippen LogP contribution in [0.15, 0.2) is 0 Å². The third-order valence-corrected chi connectivity index (χ3v) is 2.25. The van der Waals surface area contributed by atoms with Gasteiger partial charge in [0.05, 0.1) is 5.69 Å². The number of fused-ring (bicyclic) bond motifs is 1. The minimum absolute atomic E-state index is 0.107. The number of esters is 1. The van der Waals surface area contributed by atoms with Crippen molar-refractivity contribution in [3.8, 4) is 0 Å². The number of rotatable bonds is 1. The van der Waals surface area contributed by atoms with E-state index in [2.05, 4.69) is 10.2 Å². The molecule has 1 aromatic heterocycles. The largest absolute Gasteiger partial charge is 0.456 e. The fraction of sp³-hybridized carbons (Fsp3) is 0.556. The molecular formula is C9H10F2N2O2. The molecule has 0 saturated heterocycles. The van der Waals surface area contributed by atoms with Crippen LogP contribution in [0.1, 0.15) is 42.0 Å². The number of carbonyl (C=O) groups is 1. The van der Waals surface area contributed by atoms with Gasteiger partial charge in [0.25, 0.3) is 6.43 Å². The lowest BCUT2D eigenvalue weighted by Crippen LogP contribution is -2.36.